The fourth-order valence-electron chi connectivity index (χ4n) is 3.23. The van der Waals surface area contributed by atoms with Crippen LogP contribution in [0.4, 0.5) is 15.9 Å². The molecule has 2 N–H and O–H groups in total. The smallest absolute Gasteiger partial charge is 0.194 e. The highest BCUT2D eigenvalue weighted by Crippen LogP contribution is 2.39. The van der Waals surface area contributed by atoms with E-state index in [0.29, 0.717) is 34.2 Å². The van der Waals surface area contributed by atoms with Gasteiger partial charge in [0.1, 0.15) is 17.2 Å². The van der Waals surface area contributed by atoms with E-state index in [1.165, 1.54) is 13.2 Å². The van der Waals surface area contributed by atoms with Crippen LogP contribution in [-0.2, 0) is 0 Å². The van der Waals surface area contributed by atoms with Crippen LogP contribution in [0.1, 0.15) is 0 Å². The number of phenolic OH excluding ortho intramolecular Hbond substituents is 1. The van der Waals surface area contributed by atoms with Crippen LogP contribution in [0.5, 0.6) is 23.0 Å². The zero-order chi connectivity index (χ0) is 21.3. The van der Waals surface area contributed by atoms with Gasteiger partial charge in [-0.1, -0.05) is 6.07 Å². The number of fused-ring (bicyclic) bond motifs is 1. The van der Waals surface area contributed by atoms with Crippen molar-refractivity contribution in [2.75, 3.05) is 26.6 Å². The molecule has 0 aliphatic rings. The lowest BCUT2D eigenvalue weighted by Crippen LogP contribution is -1.99. The van der Waals surface area contributed by atoms with Crippen molar-refractivity contribution in [2.45, 2.75) is 0 Å². The molecule has 0 aliphatic heterocycles. The molecule has 0 aliphatic carbocycles. The Morgan fingerprint density at radius 3 is 2.43 bits per heavy atom. The molecule has 0 atom stereocenters. The fraction of sp³-hybridized carbons (Fsp3) is 0.136. The molecule has 2 heterocycles. The Balaban J connectivity index is 1.87. The summed E-state index contributed by atoms with van der Waals surface area (Å²) in [7, 11) is 4.50. The molecule has 0 radical (unpaired) electrons. The maximum absolute atomic E-state index is 14.3. The first kappa shape index (κ1) is 19.4. The highest BCUT2D eigenvalue weighted by Gasteiger charge is 2.19. The average molecular weight is 409 g/mol. The van der Waals surface area contributed by atoms with Gasteiger partial charge in [0.15, 0.2) is 28.8 Å². The van der Waals surface area contributed by atoms with Gasteiger partial charge < -0.3 is 24.6 Å². The van der Waals surface area contributed by atoms with Crippen molar-refractivity contribution in [3.8, 4) is 34.3 Å². The summed E-state index contributed by atoms with van der Waals surface area (Å²) in [6.07, 6.45) is 1.85. The van der Waals surface area contributed by atoms with Gasteiger partial charge in [-0.05, 0) is 36.4 Å². The number of benzene rings is 2. The van der Waals surface area contributed by atoms with Crippen LogP contribution >= 0.6 is 0 Å². The first-order valence-corrected chi connectivity index (χ1v) is 9.08. The van der Waals surface area contributed by atoms with Gasteiger partial charge in [-0.2, -0.15) is 0 Å². The Bertz CT molecular complexity index is 1220. The van der Waals surface area contributed by atoms with Crippen molar-refractivity contribution in [3.05, 3.63) is 60.5 Å². The highest BCUT2D eigenvalue weighted by molar-refractivity contribution is 5.81. The van der Waals surface area contributed by atoms with E-state index in [0.717, 1.165) is 5.69 Å². The van der Waals surface area contributed by atoms with Crippen LogP contribution in [0, 0.1) is 5.82 Å². The number of rotatable bonds is 6. The van der Waals surface area contributed by atoms with Crippen molar-refractivity contribution >= 4 is 17.2 Å². The molecule has 2 aromatic carbocycles. The number of aromatic hydroxyl groups is 1. The summed E-state index contributed by atoms with van der Waals surface area (Å²) in [6, 6.07) is 13.8. The van der Waals surface area contributed by atoms with Crippen LogP contribution in [0.25, 0.3) is 16.9 Å². The molecule has 0 saturated carbocycles. The SMILES string of the molecule is COc1ccc(Nc2c(-c3cc(F)c(O)c(OC)c3)nc3ccccn23)cc1OC. The number of imidazole rings is 1. The van der Waals surface area contributed by atoms with Crippen LogP contribution < -0.4 is 19.5 Å². The Hall–Kier alpha value is -3.94. The number of nitrogens with zero attached hydrogens (tertiary/aromatic N) is 2. The molecular formula is C22H20FN3O4. The Kier molecular flexibility index (Phi) is 5.05. The molecule has 0 spiro atoms. The van der Waals surface area contributed by atoms with E-state index in [2.05, 4.69) is 10.3 Å². The topological polar surface area (TPSA) is 77.2 Å². The summed E-state index contributed by atoms with van der Waals surface area (Å²) in [4.78, 5) is 4.64. The van der Waals surface area contributed by atoms with Gasteiger partial charge in [0.25, 0.3) is 0 Å². The van der Waals surface area contributed by atoms with Gasteiger partial charge in [-0.15, -0.1) is 0 Å². The van der Waals surface area contributed by atoms with E-state index in [1.54, 1.807) is 32.4 Å². The summed E-state index contributed by atoms with van der Waals surface area (Å²) in [5.41, 5.74) is 2.34. The van der Waals surface area contributed by atoms with Crippen LogP contribution in [-0.4, -0.2) is 35.8 Å². The summed E-state index contributed by atoms with van der Waals surface area (Å²) in [6.45, 7) is 0. The Labute approximate surface area is 172 Å². The lowest BCUT2D eigenvalue weighted by molar-refractivity contribution is 0.355. The second-order valence-electron chi connectivity index (χ2n) is 6.44. The van der Waals surface area contributed by atoms with E-state index in [-0.39, 0.29) is 5.75 Å². The first-order valence-electron chi connectivity index (χ1n) is 9.08. The highest BCUT2D eigenvalue weighted by atomic mass is 19.1. The third kappa shape index (κ3) is 3.32. The lowest BCUT2D eigenvalue weighted by Gasteiger charge is -2.13. The number of hydrogen-bond donors (Lipinski definition) is 2. The van der Waals surface area contributed by atoms with Crippen LogP contribution in [0.3, 0.4) is 0 Å². The molecule has 4 aromatic rings. The van der Waals surface area contributed by atoms with Gasteiger partial charge >= 0.3 is 0 Å². The second kappa shape index (κ2) is 7.82. The normalized spacial score (nSPS) is 10.8. The molecular weight excluding hydrogens is 389 g/mol. The summed E-state index contributed by atoms with van der Waals surface area (Å²) < 4.78 is 31.9. The Morgan fingerprint density at radius 2 is 1.70 bits per heavy atom. The molecule has 7 nitrogen and oxygen atoms in total. The number of phenols is 1. The minimum Gasteiger partial charge on any atom is -0.502 e. The van der Waals surface area contributed by atoms with Gasteiger partial charge in [-0.25, -0.2) is 9.37 Å². The largest absolute Gasteiger partial charge is 0.502 e. The quantitative estimate of drug-likeness (QED) is 0.484. The molecule has 154 valence electrons. The number of methoxy groups -OCH3 is 3. The van der Waals surface area contributed by atoms with Crippen molar-refractivity contribution in [1.82, 2.24) is 9.38 Å². The third-order valence-electron chi connectivity index (χ3n) is 4.70. The maximum Gasteiger partial charge on any atom is 0.194 e. The first-order chi connectivity index (χ1) is 14.5. The van der Waals surface area contributed by atoms with E-state index in [9.17, 15) is 9.50 Å². The number of halogens is 1. The van der Waals surface area contributed by atoms with Gasteiger partial charge in [-0.3, -0.25) is 4.40 Å². The predicted molar refractivity (Wildman–Crippen MR) is 112 cm³/mol. The van der Waals surface area contributed by atoms with Crippen LogP contribution in [0.15, 0.2) is 54.7 Å². The number of anilines is 2. The molecule has 8 heteroatoms. The lowest BCUT2D eigenvalue weighted by atomic mass is 10.1. The zero-order valence-electron chi connectivity index (χ0n) is 16.6. The van der Waals surface area contributed by atoms with Crippen LogP contribution in [0.2, 0.25) is 0 Å². The zero-order valence-corrected chi connectivity index (χ0v) is 16.6. The molecule has 2 aromatic heterocycles. The van der Waals surface area contributed by atoms with E-state index >= 15 is 0 Å². The molecule has 0 saturated heterocycles. The number of nitrogens with one attached hydrogen (secondary N) is 1. The molecule has 4 rings (SSSR count). The van der Waals surface area contributed by atoms with Crippen molar-refractivity contribution in [1.29, 1.82) is 0 Å². The number of hydrogen-bond acceptors (Lipinski definition) is 6. The molecule has 0 bridgehead atoms. The summed E-state index contributed by atoms with van der Waals surface area (Å²) in [5, 5.41) is 13.2. The molecule has 0 unspecified atom stereocenters. The van der Waals surface area contributed by atoms with Crippen molar-refractivity contribution in [3.63, 3.8) is 0 Å². The molecule has 30 heavy (non-hydrogen) atoms. The van der Waals surface area contributed by atoms with Gasteiger partial charge in [0.2, 0.25) is 0 Å². The number of aromatic nitrogens is 2. The van der Waals surface area contributed by atoms with E-state index < -0.39 is 11.6 Å². The van der Waals surface area contributed by atoms with E-state index in [1.807, 2.05) is 34.9 Å². The standard InChI is InChI=1S/C22H20FN3O4/c1-28-16-8-7-14(12-17(16)29-2)24-22-20(25-19-6-4-5-9-26(19)22)13-10-15(23)21(27)18(11-13)30-3/h4-12,24,27H,1-3H3. The summed E-state index contributed by atoms with van der Waals surface area (Å²) >= 11 is 0. The Morgan fingerprint density at radius 1 is 0.933 bits per heavy atom. The average Bonchev–Trinajstić information content (AvgIpc) is 3.13. The summed E-state index contributed by atoms with van der Waals surface area (Å²) in [5.74, 6) is 0.476. The predicted octanol–water partition coefficient (Wildman–Crippen LogP) is 4.62. The monoisotopic (exact) mass is 409 g/mol. The minimum atomic E-state index is -0.793. The van der Waals surface area contributed by atoms with E-state index in [4.69, 9.17) is 14.2 Å². The van der Waals surface area contributed by atoms with Crippen molar-refractivity contribution in [2.24, 2.45) is 0 Å². The van der Waals surface area contributed by atoms with Gasteiger partial charge in [0, 0.05) is 23.5 Å². The molecule has 0 fully saturated rings. The van der Waals surface area contributed by atoms with Crippen molar-refractivity contribution < 1.29 is 23.7 Å². The number of pyridine rings is 1. The fourth-order valence-corrected chi connectivity index (χ4v) is 3.23. The maximum atomic E-state index is 14.3. The number of ether oxygens (including phenoxy) is 3. The molecule has 0 amide bonds. The van der Waals surface area contributed by atoms with Gasteiger partial charge in [0.05, 0.1) is 21.3 Å². The third-order valence-corrected chi connectivity index (χ3v) is 4.70. The minimum absolute atomic E-state index is 0.0270. The second-order valence-corrected chi connectivity index (χ2v) is 6.44.